The van der Waals surface area contributed by atoms with E-state index in [9.17, 15) is 5.11 Å². The highest BCUT2D eigenvalue weighted by Crippen LogP contribution is 2.03. The van der Waals surface area contributed by atoms with Gasteiger partial charge in [-0.15, -0.1) is 10.2 Å². The predicted octanol–water partition coefficient (Wildman–Crippen LogP) is 0.0486. The Morgan fingerprint density at radius 2 is 2.27 bits per heavy atom. The van der Waals surface area contributed by atoms with Crippen LogP contribution in [0.5, 0.6) is 0 Å². The summed E-state index contributed by atoms with van der Waals surface area (Å²) in [5.74, 6) is 0. The summed E-state index contributed by atoms with van der Waals surface area (Å²) in [6.45, 7) is 3.76. The predicted molar refractivity (Wildman–Crippen MR) is 46.8 cm³/mol. The minimum atomic E-state index is -0.788. The van der Waals surface area contributed by atoms with Crippen molar-refractivity contribution in [1.82, 2.24) is 20.2 Å². The van der Waals surface area contributed by atoms with E-state index in [2.05, 4.69) is 15.4 Å². The number of nitrogens with zero attached hydrogens (tertiary/aromatic N) is 4. The summed E-state index contributed by atoms with van der Waals surface area (Å²) in [6.07, 6.45) is 0. The highest BCUT2D eigenvalue weighted by Gasteiger charge is 2.14. The van der Waals surface area contributed by atoms with Crippen molar-refractivity contribution in [1.29, 1.82) is 0 Å². The lowest BCUT2D eigenvalue weighted by Crippen LogP contribution is -2.27. The fourth-order valence-corrected chi connectivity index (χ4v) is 0.982. The van der Waals surface area contributed by atoms with Crippen LogP contribution < -0.4 is 0 Å². The fourth-order valence-electron chi connectivity index (χ4n) is 0.637. The first-order valence-electron chi connectivity index (χ1n) is 3.13. The molecule has 0 aliphatic carbocycles. The first-order chi connectivity index (χ1) is 4.97. The largest absolute Gasteiger partial charge is 0.388 e. The van der Waals surface area contributed by atoms with E-state index in [0.717, 1.165) is 0 Å². The summed E-state index contributed by atoms with van der Waals surface area (Å²) in [6, 6.07) is 0. The van der Waals surface area contributed by atoms with E-state index in [1.165, 1.54) is 4.80 Å². The third-order valence-corrected chi connectivity index (χ3v) is 1.39. The molecule has 1 rings (SSSR count). The van der Waals surface area contributed by atoms with E-state index < -0.39 is 5.60 Å². The summed E-state index contributed by atoms with van der Waals surface area (Å²) >= 11 is 1.96. The summed E-state index contributed by atoms with van der Waals surface area (Å²) in [4.78, 5) is 1.38. The summed E-state index contributed by atoms with van der Waals surface area (Å²) < 4.78 is 0.590. The lowest BCUT2D eigenvalue weighted by molar-refractivity contribution is 0.0525. The van der Waals surface area contributed by atoms with Crippen molar-refractivity contribution in [2.75, 3.05) is 0 Å². The van der Waals surface area contributed by atoms with Crippen LogP contribution in [0.3, 0.4) is 0 Å². The number of hydrogen-bond acceptors (Lipinski definition) is 4. The Balaban J connectivity index is 2.65. The zero-order chi connectivity index (χ0) is 8.48. The van der Waals surface area contributed by atoms with E-state index >= 15 is 0 Å². The van der Waals surface area contributed by atoms with Crippen LogP contribution in [0.2, 0.25) is 0 Å². The molecule has 62 valence electrons. The van der Waals surface area contributed by atoms with Gasteiger partial charge in [-0.2, -0.15) is 4.80 Å². The maximum absolute atomic E-state index is 9.35. The molecule has 0 saturated heterocycles. The number of rotatable bonds is 2. The number of halogens is 1. The smallest absolute Gasteiger partial charge is 0.234 e. The molecule has 0 fully saturated rings. The van der Waals surface area contributed by atoms with Crippen LogP contribution in [0.25, 0.3) is 0 Å². The van der Waals surface area contributed by atoms with Gasteiger partial charge in [-0.3, -0.25) is 0 Å². The van der Waals surface area contributed by atoms with Gasteiger partial charge in [-0.05, 0) is 19.1 Å². The van der Waals surface area contributed by atoms with E-state index in [1.54, 1.807) is 13.8 Å². The molecule has 1 N–H and O–H groups in total. The second-order valence-electron chi connectivity index (χ2n) is 2.90. The van der Waals surface area contributed by atoms with Crippen LogP contribution in [-0.4, -0.2) is 30.9 Å². The van der Waals surface area contributed by atoms with Gasteiger partial charge >= 0.3 is 0 Å². The fraction of sp³-hybridized carbons (Fsp3) is 0.800. The highest BCUT2D eigenvalue weighted by molar-refractivity contribution is 14.1. The van der Waals surface area contributed by atoms with Gasteiger partial charge in [0.05, 0.1) is 12.1 Å². The SMILES string of the molecule is CC(C)(O)Cn1nnc(I)n1. The summed E-state index contributed by atoms with van der Waals surface area (Å²) in [5, 5.41) is 20.6. The van der Waals surface area contributed by atoms with E-state index in [1.807, 2.05) is 22.6 Å². The summed E-state index contributed by atoms with van der Waals surface area (Å²) in [5.41, 5.74) is -0.788. The highest BCUT2D eigenvalue weighted by atomic mass is 127. The molecule has 0 saturated carbocycles. The van der Waals surface area contributed by atoms with E-state index in [0.29, 0.717) is 10.4 Å². The zero-order valence-corrected chi connectivity index (χ0v) is 8.48. The lowest BCUT2D eigenvalue weighted by atomic mass is 10.1. The molecular weight excluding hydrogens is 259 g/mol. The standard InChI is InChI=1S/C5H9IN4O/c1-5(2,11)3-10-8-4(6)7-9-10/h11H,3H2,1-2H3. The quantitative estimate of drug-likeness (QED) is 0.770. The molecule has 1 aromatic rings. The third-order valence-electron chi connectivity index (χ3n) is 0.957. The van der Waals surface area contributed by atoms with Crippen molar-refractivity contribution in [2.24, 2.45) is 0 Å². The molecule has 1 heterocycles. The molecule has 0 amide bonds. The first-order valence-corrected chi connectivity index (χ1v) is 4.21. The number of hydrogen-bond donors (Lipinski definition) is 1. The Morgan fingerprint density at radius 3 is 2.64 bits per heavy atom. The molecule has 11 heavy (non-hydrogen) atoms. The van der Waals surface area contributed by atoms with Gasteiger partial charge in [0.25, 0.3) is 0 Å². The maximum atomic E-state index is 9.35. The van der Waals surface area contributed by atoms with Crippen molar-refractivity contribution in [2.45, 2.75) is 26.0 Å². The van der Waals surface area contributed by atoms with Gasteiger partial charge in [-0.25, -0.2) is 0 Å². The molecule has 6 heteroatoms. The first kappa shape index (κ1) is 8.85. The van der Waals surface area contributed by atoms with Gasteiger partial charge in [-0.1, -0.05) is 0 Å². The van der Waals surface area contributed by atoms with Crippen molar-refractivity contribution < 1.29 is 5.11 Å². The minimum absolute atomic E-state index is 0.364. The molecule has 0 bridgehead atoms. The van der Waals surface area contributed by atoms with Crippen LogP contribution in [0, 0.1) is 3.83 Å². The Kier molecular flexibility index (Phi) is 2.43. The van der Waals surface area contributed by atoms with Crippen LogP contribution in [-0.2, 0) is 6.54 Å². The van der Waals surface area contributed by atoms with Gasteiger partial charge in [0, 0.05) is 22.6 Å². The molecule has 0 aliphatic rings. The molecule has 0 radical (unpaired) electrons. The maximum Gasteiger partial charge on any atom is 0.234 e. The van der Waals surface area contributed by atoms with Crippen LogP contribution in [0.4, 0.5) is 0 Å². The number of aromatic nitrogens is 4. The molecular formula is C5H9IN4O. The average molecular weight is 268 g/mol. The van der Waals surface area contributed by atoms with Crippen LogP contribution in [0.15, 0.2) is 0 Å². The molecule has 0 spiro atoms. The Hall–Kier alpha value is -0.240. The lowest BCUT2D eigenvalue weighted by Gasteiger charge is -2.14. The Bertz CT molecular complexity index is 241. The zero-order valence-electron chi connectivity index (χ0n) is 6.32. The summed E-state index contributed by atoms with van der Waals surface area (Å²) in [7, 11) is 0. The van der Waals surface area contributed by atoms with Crippen molar-refractivity contribution in [3.63, 3.8) is 0 Å². The molecule has 0 aromatic carbocycles. The van der Waals surface area contributed by atoms with Crippen LogP contribution >= 0.6 is 22.6 Å². The van der Waals surface area contributed by atoms with Crippen molar-refractivity contribution >= 4 is 22.6 Å². The van der Waals surface area contributed by atoms with Crippen molar-refractivity contribution in [3.05, 3.63) is 3.83 Å². The van der Waals surface area contributed by atoms with Gasteiger partial charge in [0.15, 0.2) is 0 Å². The van der Waals surface area contributed by atoms with Crippen LogP contribution in [0.1, 0.15) is 13.8 Å². The molecule has 0 unspecified atom stereocenters. The van der Waals surface area contributed by atoms with Crippen molar-refractivity contribution in [3.8, 4) is 0 Å². The monoisotopic (exact) mass is 268 g/mol. The molecule has 1 aromatic heterocycles. The number of tetrazole rings is 1. The molecule has 0 aliphatic heterocycles. The Morgan fingerprint density at radius 1 is 1.64 bits per heavy atom. The topological polar surface area (TPSA) is 63.8 Å². The molecule has 0 atom stereocenters. The van der Waals surface area contributed by atoms with E-state index in [4.69, 9.17) is 0 Å². The van der Waals surface area contributed by atoms with Gasteiger partial charge in [0.1, 0.15) is 0 Å². The minimum Gasteiger partial charge on any atom is -0.388 e. The average Bonchev–Trinajstić information content (AvgIpc) is 2.10. The van der Waals surface area contributed by atoms with Gasteiger partial charge in [0.2, 0.25) is 3.83 Å². The normalized spacial score (nSPS) is 12.0. The van der Waals surface area contributed by atoms with Gasteiger partial charge < -0.3 is 5.11 Å². The second kappa shape index (κ2) is 3.02. The van der Waals surface area contributed by atoms with E-state index in [-0.39, 0.29) is 0 Å². The third kappa shape index (κ3) is 3.10. The Labute approximate surface area is 77.9 Å². The second-order valence-corrected chi connectivity index (χ2v) is 3.87. The molecule has 5 nitrogen and oxygen atoms in total. The number of aliphatic hydroxyl groups is 1.